The van der Waals surface area contributed by atoms with Gasteiger partial charge in [-0.05, 0) is 48.0 Å². The minimum absolute atomic E-state index is 0.141. The summed E-state index contributed by atoms with van der Waals surface area (Å²) in [5, 5.41) is 11.8. The Labute approximate surface area is 143 Å². The predicted molar refractivity (Wildman–Crippen MR) is 86.0 cm³/mol. The van der Waals surface area contributed by atoms with Crippen LogP contribution in [0, 0.1) is 11.3 Å². The van der Waals surface area contributed by atoms with E-state index in [2.05, 4.69) is 11.4 Å². The highest BCUT2D eigenvalue weighted by molar-refractivity contribution is 6.29. The fraction of sp³-hybridized carbons (Fsp3) is 0.294. The van der Waals surface area contributed by atoms with Gasteiger partial charge in [0.1, 0.15) is 11.9 Å². The van der Waals surface area contributed by atoms with Crippen molar-refractivity contribution in [2.75, 3.05) is 13.2 Å². The molecule has 1 aliphatic rings. The number of carbonyl (C=O) groups excluding carboxylic acids is 1. The van der Waals surface area contributed by atoms with Crippen LogP contribution in [0.5, 0.6) is 5.75 Å². The zero-order valence-electron chi connectivity index (χ0n) is 12.7. The van der Waals surface area contributed by atoms with E-state index in [0.717, 1.165) is 0 Å². The van der Waals surface area contributed by atoms with Crippen LogP contribution in [0.1, 0.15) is 22.5 Å². The second-order valence-corrected chi connectivity index (χ2v) is 5.71. The summed E-state index contributed by atoms with van der Waals surface area (Å²) >= 11 is 5.69. The van der Waals surface area contributed by atoms with Crippen LogP contribution in [-0.4, -0.2) is 31.3 Å². The van der Waals surface area contributed by atoms with Crippen LogP contribution in [0.4, 0.5) is 0 Å². The third-order valence-electron chi connectivity index (χ3n) is 3.68. The molecular formula is C17H15ClN2O4. The lowest BCUT2D eigenvalue weighted by Gasteiger charge is -2.32. The summed E-state index contributed by atoms with van der Waals surface area (Å²) < 4.78 is 16.5. The van der Waals surface area contributed by atoms with E-state index in [0.29, 0.717) is 30.9 Å². The monoisotopic (exact) mass is 346 g/mol. The predicted octanol–water partition coefficient (Wildman–Crippen LogP) is 2.77. The third-order valence-corrected chi connectivity index (χ3v) is 3.88. The average molecular weight is 347 g/mol. The Balaban J connectivity index is 1.66. The molecule has 1 aromatic carbocycles. The molecule has 0 bridgehead atoms. The Kier molecular flexibility index (Phi) is 5.04. The molecule has 1 saturated heterocycles. The lowest BCUT2D eigenvalue weighted by Crippen LogP contribution is -2.51. The number of nitriles is 1. The van der Waals surface area contributed by atoms with Crippen LogP contribution in [0.15, 0.2) is 40.8 Å². The van der Waals surface area contributed by atoms with Gasteiger partial charge in [-0.15, -0.1) is 0 Å². The maximum atomic E-state index is 12.2. The lowest BCUT2D eigenvalue weighted by molar-refractivity contribution is -0.00320. The van der Waals surface area contributed by atoms with Crippen LogP contribution in [0.2, 0.25) is 5.22 Å². The molecule has 1 fully saturated rings. The van der Waals surface area contributed by atoms with Crippen LogP contribution in [0.25, 0.3) is 0 Å². The van der Waals surface area contributed by atoms with E-state index in [1.165, 1.54) is 12.1 Å². The first-order valence-electron chi connectivity index (χ1n) is 7.46. The van der Waals surface area contributed by atoms with E-state index in [1.54, 1.807) is 24.3 Å². The molecule has 1 aliphatic heterocycles. The number of carbonyl (C=O) groups is 1. The van der Waals surface area contributed by atoms with E-state index in [9.17, 15) is 4.79 Å². The number of ether oxygens (including phenoxy) is 2. The molecule has 0 saturated carbocycles. The van der Waals surface area contributed by atoms with Crippen LogP contribution in [0.3, 0.4) is 0 Å². The molecule has 124 valence electrons. The standard InChI is InChI=1S/C17H15ClN2O4/c18-16-6-5-15(24-16)17(21)20-13-10-22-8-7-14(13)23-12-3-1-11(9-19)2-4-12/h1-6,13-14H,7-8,10H2,(H,20,21)/t13-,14-/m1/s1. The molecule has 7 heteroatoms. The topological polar surface area (TPSA) is 84.5 Å². The first-order chi connectivity index (χ1) is 11.7. The number of nitrogens with one attached hydrogen (secondary N) is 1. The number of benzene rings is 1. The van der Waals surface area contributed by atoms with Crippen LogP contribution >= 0.6 is 11.6 Å². The minimum Gasteiger partial charge on any atom is -0.488 e. The van der Waals surface area contributed by atoms with Crippen molar-refractivity contribution in [3.05, 3.63) is 52.9 Å². The molecule has 0 radical (unpaired) electrons. The summed E-state index contributed by atoms with van der Waals surface area (Å²) in [4.78, 5) is 12.2. The largest absolute Gasteiger partial charge is 0.488 e. The third kappa shape index (κ3) is 3.88. The van der Waals surface area contributed by atoms with Crippen LogP contribution < -0.4 is 10.1 Å². The van der Waals surface area contributed by atoms with E-state index >= 15 is 0 Å². The van der Waals surface area contributed by atoms with Gasteiger partial charge in [-0.2, -0.15) is 5.26 Å². The van der Waals surface area contributed by atoms with Crippen molar-refractivity contribution in [3.63, 3.8) is 0 Å². The number of nitrogens with zero attached hydrogens (tertiary/aromatic N) is 1. The quantitative estimate of drug-likeness (QED) is 0.920. The van der Waals surface area contributed by atoms with Crippen molar-refractivity contribution < 1.29 is 18.7 Å². The minimum atomic E-state index is -0.370. The van der Waals surface area contributed by atoms with Crippen molar-refractivity contribution >= 4 is 17.5 Å². The number of furan rings is 1. The Morgan fingerprint density at radius 2 is 2.08 bits per heavy atom. The van der Waals surface area contributed by atoms with E-state index < -0.39 is 0 Å². The molecular weight excluding hydrogens is 332 g/mol. The van der Waals surface area contributed by atoms with Gasteiger partial charge in [-0.3, -0.25) is 4.79 Å². The summed E-state index contributed by atoms with van der Waals surface area (Å²) in [6.45, 7) is 0.904. The number of rotatable bonds is 4. The molecule has 0 aliphatic carbocycles. The van der Waals surface area contributed by atoms with Gasteiger partial charge in [0, 0.05) is 6.42 Å². The van der Waals surface area contributed by atoms with Gasteiger partial charge in [0.05, 0.1) is 30.9 Å². The van der Waals surface area contributed by atoms with E-state index in [1.807, 2.05) is 0 Å². The fourth-order valence-electron chi connectivity index (χ4n) is 2.45. The Morgan fingerprint density at radius 3 is 2.75 bits per heavy atom. The Bertz CT molecular complexity index is 751. The van der Waals surface area contributed by atoms with E-state index in [4.69, 9.17) is 30.8 Å². The highest BCUT2D eigenvalue weighted by atomic mass is 35.5. The Morgan fingerprint density at radius 1 is 1.29 bits per heavy atom. The molecule has 24 heavy (non-hydrogen) atoms. The maximum Gasteiger partial charge on any atom is 0.287 e. The molecule has 2 aromatic rings. The normalized spacial score (nSPS) is 20.2. The first-order valence-corrected chi connectivity index (χ1v) is 7.84. The molecule has 3 rings (SSSR count). The zero-order valence-corrected chi connectivity index (χ0v) is 13.5. The second kappa shape index (κ2) is 7.39. The zero-order chi connectivity index (χ0) is 16.9. The Hall–Kier alpha value is -2.49. The smallest absolute Gasteiger partial charge is 0.287 e. The molecule has 1 N–H and O–H groups in total. The first kappa shape index (κ1) is 16.4. The van der Waals surface area contributed by atoms with Crippen molar-refractivity contribution in [3.8, 4) is 11.8 Å². The van der Waals surface area contributed by atoms with E-state index in [-0.39, 0.29) is 29.0 Å². The molecule has 2 heterocycles. The summed E-state index contributed by atoms with van der Waals surface area (Å²) in [5.41, 5.74) is 0.564. The van der Waals surface area contributed by atoms with Gasteiger partial charge in [-0.25, -0.2) is 0 Å². The van der Waals surface area contributed by atoms with Crippen molar-refractivity contribution in [1.82, 2.24) is 5.32 Å². The summed E-state index contributed by atoms with van der Waals surface area (Å²) in [6.07, 6.45) is 0.408. The van der Waals surface area contributed by atoms with Gasteiger partial charge >= 0.3 is 0 Å². The molecule has 1 amide bonds. The van der Waals surface area contributed by atoms with Gasteiger partial charge in [0.2, 0.25) is 0 Å². The maximum absolute atomic E-state index is 12.2. The molecule has 1 aromatic heterocycles. The fourth-order valence-corrected chi connectivity index (χ4v) is 2.60. The van der Waals surface area contributed by atoms with Crippen LogP contribution in [-0.2, 0) is 4.74 Å². The summed E-state index contributed by atoms with van der Waals surface area (Å²) in [7, 11) is 0. The van der Waals surface area contributed by atoms with Gasteiger partial charge in [-0.1, -0.05) is 0 Å². The summed E-state index contributed by atoms with van der Waals surface area (Å²) in [6, 6.07) is 11.6. The number of halogens is 1. The number of hydrogen-bond acceptors (Lipinski definition) is 5. The highest BCUT2D eigenvalue weighted by Gasteiger charge is 2.30. The van der Waals surface area contributed by atoms with Gasteiger partial charge < -0.3 is 19.2 Å². The molecule has 2 atom stereocenters. The van der Waals surface area contributed by atoms with Crippen molar-refractivity contribution in [1.29, 1.82) is 5.26 Å². The van der Waals surface area contributed by atoms with Gasteiger partial charge in [0.25, 0.3) is 5.91 Å². The second-order valence-electron chi connectivity index (χ2n) is 5.34. The van der Waals surface area contributed by atoms with Crippen molar-refractivity contribution in [2.24, 2.45) is 0 Å². The molecule has 0 spiro atoms. The summed E-state index contributed by atoms with van der Waals surface area (Å²) in [5.74, 6) is 0.412. The lowest BCUT2D eigenvalue weighted by atomic mass is 10.1. The highest BCUT2D eigenvalue weighted by Crippen LogP contribution is 2.20. The molecule has 0 unspecified atom stereocenters. The van der Waals surface area contributed by atoms with Gasteiger partial charge in [0.15, 0.2) is 11.0 Å². The number of amides is 1. The van der Waals surface area contributed by atoms with Crippen molar-refractivity contribution in [2.45, 2.75) is 18.6 Å². The average Bonchev–Trinajstić information content (AvgIpc) is 3.04. The SMILES string of the molecule is N#Cc1ccc(O[C@@H]2CCOC[C@H]2NC(=O)c2ccc(Cl)o2)cc1. The number of hydrogen-bond donors (Lipinski definition) is 1. The molecule has 6 nitrogen and oxygen atoms in total.